The maximum absolute atomic E-state index is 4.73. The summed E-state index contributed by atoms with van der Waals surface area (Å²) in [4.78, 5) is 7.36. The van der Waals surface area contributed by atoms with Gasteiger partial charge in [0.2, 0.25) is 0 Å². The number of halogens is 1. The van der Waals surface area contributed by atoms with Gasteiger partial charge in [0.05, 0.1) is 11.4 Å². The average Bonchev–Trinajstić information content (AvgIpc) is 2.85. The van der Waals surface area contributed by atoms with Crippen LogP contribution in [0.2, 0.25) is 0 Å². The Bertz CT molecular complexity index is 583. The van der Waals surface area contributed by atoms with Gasteiger partial charge in [0, 0.05) is 20.3 Å². The molecule has 0 amide bonds. The van der Waals surface area contributed by atoms with Crippen molar-refractivity contribution < 1.29 is 0 Å². The Labute approximate surface area is 143 Å². The number of rotatable bonds is 7. The summed E-state index contributed by atoms with van der Waals surface area (Å²) in [6.07, 6.45) is 1.16. The van der Waals surface area contributed by atoms with Gasteiger partial charge in [0.1, 0.15) is 5.01 Å². The standard InChI is InChI=1S/C16H21BrN2S2/c1-4-9-18-11(2)16-12(3)19-15(21-16)10-20-14-8-6-5-7-13(14)17/h5-8,11,18H,4,9-10H2,1-3H3. The van der Waals surface area contributed by atoms with E-state index in [0.29, 0.717) is 6.04 Å². The lowest BCUT2D eigenvalue weighted by Crippen LogP contribution is -2.18. The second-order valence-electron chi connectivity index (χ2n) is 4.95. The van der Waals surface area contributed by atoms with Crippen molar-refractivity contribution in [2.24, 2.45) is 0 Å². The Morgan fingerprint density at radius 2 is 2.14 bits per heavy atom. The molecule has 1 aromatic heterocycles. The highest BCUT2D eigenvalue weighted by Gasteiger charge is 2.14. The van der Waals surface area contributed by atoms with Crippen LogP contribution in [0.1, 0.15) is 41.9 Å². The highest BCUT2D eigenvalue weighted by molar-refractivity contribution is 9.10. The summed E-state index contributed by atoms with van der Waals surface area (Å²) in [5, 5.41) is 4.74. The Balaban J connectivity index is 2.00. The fraction of sp³-hybridized carbons (Fsp3) is 0.438. The molecule has 21 heavy (non-hydrogen) atoms. The molecule has 0 fully saturated rings. The summed E-state index contributed by atoms with van der Waals surface area (Å²) >= 11 is 7.26. The van der Waals surface area contributed by atoms with Crippen LogP contribution in [-0.2, 0) is 5.75 Å². The van der Waals surface area contributed by atoms with E-state index in [1.54, 1.807) is 0 Å². The second-order valence-corrected chi connectivity index (χ2v) is 7.94. The maximum atomic E-state index is 4.73. The van der Waals surface area contributed by atoms with Gasteiger partial charge in [-0.25, -0.2) is 4.98 Å². The first-order valence-electron chi connectivity index (χ1n) is 7.18. The van der Waals surface area contributed by atoms with Gasteiger partial charge in [0.15, 0.2) is 0 Å². The van der Waals surface area contributed by atoms with E-state index in [4.69, 9.17) is 4.98 Å². The van der Waals surface area contributed by atoms with Crippen molar-refractivity contribution in [3.05, 3.63) is 44.3 Å². The van der Waals surface area contributed by atoms with Crippen molar-refractivity contribution in [1.29, 1.82) is 0 Å². The summed E-state index contributed by atoms with van der Waals surface area (Å²) in [5.41, 5.74) is 1.17. The molecule has 0 aliphatic heterocycles. The predicted octanol–water partition coefficient (Wildman–Crippen LogP) is 5.57. The summed E-state index contributed by atoms with van der Waals surface area (Å²) in [7, 11) is 0. The van der Waals surface area contributed by atoms with E-state index >= 15 is 0 Å². The first-order valence-corrected chi connectivity index (χ1v) is 9.78. The largest absolute Gasteiger partial charge is 0.309 e. The Morgan fingerprint density at radius 1 is 1.38 bits per heavy atom. The van der Waals surface area contributed by atoms with Crippen LogP contribution in [0.3, 0.4) is 0 Å². The summed E-state index contributed by atoms with van der Waals surface area (Å²) in [5.74, 6) is 0.925. The quantitative estimate of drug-likeness (QED) is 0.631. The van der Waals surface area contributed by atoms with E-state index in [0.717, 1.165) is 23.2 Å². The minimum atomic E-state index is 0.393. The van der Waals surface area contributed by atoms with E-state index < -0.39 is 0 Å². The second kappa shape index (κ2) is 8.32. The fourth-order valence-electron chi connectivity index (χ4n) is 2.08. The molecule has 5 heteroatoms. The lowest BCUT2D eigenvalue weighted by atomic mass is 10.2. The van der Waals surface area contributed by atoms with E-state index in [1.165, 1.54) is 20.5 Å². The highest BCUT2D eigenvalue weighted by Crippen LogP contribution is 2.33. The molecule has 2 nitrogen and oxygen atoms in total. The third kappa shape index (κ3) is 4.81. The van der Waals surface area contributed by atoms with Gasteiger partial charge in [-0.2, -0.15) is 0 Å². The molecular weight excluding hydrogens is 364 g/mol. The van der Waals surface area contributed by atoms with Crippen molar-refractivity contribution in [3.8, 4) is 0 Å². The van der Waals surface area contributed by atoms with E-state index in [9.17, 15) is 0 Å². The molecule has 0 radical (unpaired) electrons. The number of hydrogen-bond donors (Lipinski definition) is 1. The number of aromatic nitrogens is 1. The molecule has 0 aliphatic carbocycles. The van der Waals surface area contributed by atoms with Gasteiger partial charge >= 0.3 is 0 Å². The number of benzene rings is 1. The summed E-state index contributed by atoms with van der Waals surface area (Å²) in [6.45, 7) is 7.59. The Hall–Kier alpha value is -0.360. The molecule has 1 unspecified atom stereocenters. The van der Waals surface area contributed by atoms with Crippen molar-refractivity contribution in [3.63, 3.8) is 0 Å². The number of hydrogen-bond acceptors (Lipinski definition) is 4. The normalized spacial score (nSPS) is 12.6. The lowest BCUT2D eigenvalue weighted by Gasteiger charge is -2.11. The van der Waals surface area contributed by atoms with Crippen LogP contribution in [0.5, 0.6) is 0 Å². The zero-order valence-corrected chi connectivity index (χ0v) is 15.9. The highest BCUT2D eigenvalue weighted by atomic mass is 79.9. The Kier molecular flexibility index (Phi) is 6.74. The van der Waals surface area contributed by atoms with Crippen LogP contribution in [0.15, 0.2) is 33.6 Å². The molecule has 0 spiro atoms. The zero-order chi connectivity index (χ0) is 15.2. The molecule has 0 bridgehead atoms. The zero-order valence-electron chi connectivity index (χ0n) is 12.6. The van der Waals surface area contributed by atoms with Gasteiger partial charge in [-0.3, -0.25) is 0 Å². The van der Waals surface area contributed by atoms with Crippen molar-refractivity contribution >= 4 is 39.0 Å². The molecule has 1 atom stereocenters. The lowest BCUT2D eigenvalue weighted by molar-refractivity contribution is 0.575. The predicted molar refractivity (Wildman–Crippen MR) is 97.3 cm³/mol. The molecule has 0 saturated carbocycles. The number of nitrogens with one attached hydrogen (secondary N) is 1. The third-order valence-electron chi connectivity index (χ3n) is 3.16. The molecule has 1 N–H and O–H groups in total. The van der Waals surface area contributed by atoms with E-state index in [1.807, 2.05) is 29.2 Å². The minimum absolute atomic E-state index is 0.393. The van der Waals surface area contributed by atoms with E-state index in [2.05, 4.69) is 60.2 Å². The van der Waals surface area contributed by atoms with Crippen LogP contribution in [0, 0.1) is 6.92 Å². The number of thiazole rings is 1. The van der Waals surface area contributed by atoms with Crippen LogP contribution >= 0.6 is 39.0 Å². The minimum Gasteiger partial charge on any atom is -0.309 e. The van der Waals surface area contributed by atoms with Crippen molar-refractivity contribution in [2.45, 2.75) is 43.9 Å². The smallest absolute Gasteiger partial charge is 0.103 e. The molecule has 2 aromatic rings. The monoisotopic (exact) mass is 384 g/mol. The van der Waals surface area contributed by atoms with Crippen LogP contribution in [-0.4, -0.2) is 11.5 Å². The number of nitrogens with zero attached hydrogens (tertiary/aromatic N) is 1. The van der Waals surface area contributed by atoms with Crippen LogP contribution in [0.25, 0.3) is 0 Å². The van der Waals surface area contributed by atoms with Gasteiger partial charge in [-0.15, -0.1) is 23.1 Å². The topological polar surface area (TPSA) is 24.9 Å². The molecule has 0 saturated heterocycles. The van der Waals surface area contributed by atoms with Gasteiger partial charge in [-0.05, 0) is 54.9 Å². The molecule has 2 rings (SSSR count). The van der Waals surface area contributed by atoms with E-state index in [-0.39, 0.29) is 0 Å². The molecule has 114 valence electrons. The SMILES string of the molecule is CCCNC(C)c1sc(CSc2ccccc2Br)nc1C. The van der Waals surface area contributed by atoms with Crippen LogP contribution in [0.4, 0.5) is 0 Å². The number of aryl methyl sites for hydroxylation is 1. The summed E-state index contributed by atoms with van der Waals surface area (Å²) in [6, 6.07) is 8.73. The van der Waals surface area contributed by atoms with Gasteiger partial charge in [0.25, 0.3) is 0 Å². The first-order chi connectivity index (χ1) is 10.1. The van der Waals surface area contributed by atoms with Gasteiger partial charge < -0.3 is 5.32 Å². The fourth-order valence-corrected chi connectivity index (χ4v) is 4.74. The third-order valence-corrected chi connectivity index (χ3v) is 6.72. The number of thioether (sulfide) groups is 1. The maximum Gasteiger partial charge on any atom is 0.103 e. The van der Waals surface area contributed by atoms with Gasteiger partial charge in [-0.1, -0.05) is 19.1 Å². The van der Waals surface area contributed by atoms with Crippen molar-refractivity contribution in [2.75, 3.05) is 6.54 Å². The first kappa shape index (κ1) is 17.0. The molecule has 1 aromatic carbocycles. The molecule has 0 aliphatic rings. The van der Waals surface area contributed by atoms with Crippen LogP contribution < -0.4 is 5.32 Å². The Morgan fingerprint density at radius 3 is 2.86 bits per heavy atom. The van der Waals surface area contributed by atoms with Crippen molar-refractivity contribution in [1.82, 2.24) is 10.3 Å². The molecule has 1 heterocycles. The molecular formula is C16H21BrN2S2. The summed E-state index contributed by atoms with van der Waals surface area (Å²) < 4.78 is 1.15. The average molecular weight is 385 g/mol.